The fourth-order valence-corrected chi connectivity index (χ4v) is 3.03. The molecule has 2 amide bonds. The van der Waals surface area contributed by atoms with Crippen molar-refractivity contribution in [2.45, 2.75) is 26.3 Å². The number of carbonyl (C=O) groups excluding carboxylic acids is 2. The predicted octanol–water partition coefficient (Wildman–Crippen LogP) is 1.44. The van der Waals surface area contributed by atoms with E-state index < -0.39 is 6.04 Å². The molecule has 0 bridgehead atoms. The SMILES string of the molecule is CC(C)[C@@H](NC(=O)c1ccco1)C(=O)N1CC[C@H](CN(C)C)C1. The summed E-state index contributed by atoms with van der Waals surface area (Å²) in [5.74, 6) is 0.416. The van der Waals surface area contributed by atoms with Crippen LogP contribution in [0.3, 0.4) is 0 Å². The molecule has 1 aromatic heterocycles. The quantitative estimate of drug-likeness (QED) is 0.861. The van der Waals surface area contributed by atoms with Crippen LogP contribution in [0.1, 0.15) is 30.8 Å². The lowest BCUT2D eigenvalue weighted by Gasteiger charge is -2.27. The van der Waals surface area contributed by atoms with Crippen molar-refractivity contribution < 1.29 is 14.0 Å². The van der Waals surface area contributed by atoms with Crippen LogP contribution < -0.4 is 5.32 Å². The smallest absolute Gasteiger partial charge is 0.287 e. The molecule has 2 atom stereocenters. The average Bonchev–Trinajstić information content (AvgIpc) is 3.13. The third-order valence-corrected chi connectivity index (χ3v) is 4.19. The van der Waals surface area contributed by atoms with Crippen LogP contribution in [-0.2, 0) is 4.79 Å². The molecular weight excluding hydrogens is 294 g/mol. The largest absolute Gasteiger partial charge is 0.459 e. The Kier molecular flexibility index (Phi) is 5.82. The van der Waals surface area contributed by atoms with Gasteiger partial charge in [-0.2, -0.15) is 0 Å². The summed E-state index contributed by atoms with van der Waals surface area (Å²) in [5.41, 5.74) is 0. The van der Waals surface area contributed by atoms with E-state index in [1.54, 1.807) is 12.1 Å². The summed E-state index contributed by atoms with van der Waals surface area (Å²) >= 11 is 0. The minimum atomic E-state index is -0.522. The zero-order valence-corrected chi connectivity index (χ0v) is 14.4. The molecule has 0 radical (unpaired) electrons. The summed E-state index contributed by atoms with van der Waals surface area (Å²) in [7, 11) is 4.09. The van der Waals surface area contributed by atoms with Gasteiger partial charge in [0.15, 0.2) is 5.76 Å². The summed E-state index contributed by atoms with van der Waals surface area (Å²) in [5, 5.41) is 2.82. The molecule has 1 aromatic rings. The number of hydrogen-bond donors (Lipinski definition) is 1. The van der Waals surface area contributed by atoms with E-state index in [0.717, 1.165) is 26.1 Å². The van der Waals surface area contributed by atoms with Gasteiger partial charge in [0.2, 0.25) is 5.91 Å². The molecule has 0 spiro atoms. The van der Waals surface area contributed by atoms with E-state index in [1.807, 2.05) is 32.8 Å². The van der Waals surface area contributed by atoms with Gasteiger partial charge in [0.1, 0.15) is 6.04 Å². The van der Waals surface area contributed by atoms with Crippen LogP contribution in [-0.4, -0.2) is 61.4 Å². The third kappa shape index (κ3) is 4.58. The molecule has 23 heavy (non-hydrogen) atoms. The number of nitrogens with zero attached hydrogens (tertiary/aromatic N) is 2. The maximum Gasteiger partial charge on any atom is 0.287 e. The summed E-state index contributed by atoms with van der Waals surface area (Å²) in [4.78, 5) is 29.0. The number of rotatable bonds is 6. The molecule has 1 N–H and O–H groups in total. The lowest BCUT2D eigenvalue weighted by Crippen LogP contribution is -2.50. The number of carbonyl (C=O) groups is 2. The van der Waals surface area contributed by atoms with Gasteiger partial charge in [-0.05, 0) is 44.5 Å². The van der Waals surface area contributed by atoms with E-state index in [0.29, 0.717) is 5.92 Å². The van der Waals surface area contributed by atoms with Gasteiger partial charge in [0, 0.05) is 19.6 Å². The highest BCUT2D eigenvalue weighted by atomic mass is 16.3. The predicted molar refractivity (Wildman–Crippen MR) is 88.0 cm³/mol. The van der Waals surface area contributed by atoms with Crippen molar-refractivity contribution in [3.05, 3.63) is 24.2 Å². The molecule has 128 valence electrons. The zero-order valence-electron chi connectivity index (χ0n) is 14.4. The average molecular weight is 321 g/mol. The van der Waals surface area contributed by atoms with Crippen molar-refractivity contribution in [3.63, 3.8) is 0 Å². The molecule has 0 unspecified atom stereocenters. The van der Waals surface area contributed by atoms with Crippen LogP contribution in [0.2, 0.25) is 0 Å². The maximum absolute atomic E-state index is 12.8. The van der Waals surface area contributed by atoms with E-state index in [-0.39, 0.29) is 23.5 Å². The molecule has 0 aliphatic carbocycles. The Morgan fingerprint density at radius 1 is 1.43 bits per heavy atom. The van der Waals surface area contributed by atoms with Crippen molar-refractivity contribution in [2.24, 2.45) is 11.8 Å². The first kappa shape index (κ1) is 17.5. The van der Waals surface area contributed by atoms with Gasteiger partial charge in [-0.25, -0.2) is 0 Å². The van der Waals surface area contributed by atoms with E-state index in [9.17, 15) is 9.59 Å². The summed E-state index contributed by atoms with van der Waals surface area (Å²) in [6, 6.07) is 2.74. The lowest BCUT2D eigenvalue weighted by atomic mass is 10.0. The number of nitrogens with one attached hydrogen (secondary N) is 1. The van der Waals surface area contributed by atoms with Gasteiger partial charge in [0.05, 0.1) is 6.26 Å². The Hall–Kier alpha value is -1.82. The van der Waals surface area contributed by atoms with Crippen LogP contribution in [0, 0.1) is 11.8 Å². The van der Waals surface area contributed by atoms with Crippen molar-refractivity contribution in [3.8, 4) is 0 Å². The lowest BCUT2D eigenvalue weighted by molar-refractivity contribution is -0.133. The van der Waals surface area contributed by atoms with Crippen LogP contribution in [0.4, 0.5) is 0 Å². The first-order chi connectivity index (χ1) is 10.9. The number of amides is 2. The summed E-state index contributed by atoms with van der Waals surface area (Å²) in [6.07, 6.45) is 2.47. The van der Waals surface area contributed by atoms with Crippen LogP contribution in [0.25, 0.3) is 0 Å². The van der Waals surface area contributed by atoms with Gasteiger partial charge in [-0.15, -0.1) is 0 Å². The first-order valence-electron chi connectivity index (χ1n) is 8.16. The second kappa shape index (κ2) is 7.64. The summed E-state index contributed by atoms with van der Waals surface area (Å²) in [6.45, 7) is 6.39. The topological polar surface area (TPSA) is 65.8 Å². The molecule has 6 heteroatoms. The Morgan fingerprint density at radius 2 is 2.17 bits per heavy atom. The highest BCUT2D eigenvalue weighted by Crippen LogP contribution is 2.19. The number of hydrogen-bond acceptors (Lipinski definition) is 4. The fraction of sp³-hybridized carbons (Fsp3) is 0.647. The Labute approximate surface area is 137 Å². The second-order valence-electron chi connectivity index (χ2n) is 6.87. The van der Waals surface area contributed by atoms with Crippen LogP contribution in [0.5, 0.6) is 0 Å². The molecule has 0 aromatic carbocycles. The summed E-state index contributed by atoms with van der Waals surface area (Å²) < 4.78 is 5.10. The minimum absolute atomic E-state index is 0.00108. The van der Waals surface area contributed by atoms with Crippen LogP contribution >= 0.6 is 0 Å². The molecule has 2 heterocycles. The van der Waals surface area contributed by atoms with Gasteiger partial charge >= 0.3 is 0 Å². The Morgan fingerprint density at radius 3 is 2.74 bits per heavy atom. The number of likely N-dealkylation sites (tertiary alicyclic amines) is 1. The zero-order chi connectivity index (χ0) is 17.0. The molecule has 0 saturated carbocycles. The van der Waals surface area contributed by atoms with E-state index in [1.165, 1.54) is 6.26 Å². The molecule has 1 fully saturated rings. The minimum Gasteiger partial charge on any atom is -0.459 e. The first-order valence-corrected chi connectivity index (χ1v) is 8.16. The van der Waals surface area contributed by atoms with Crippen molar-refractivity contribution >= 4 is 11.8 Å². The molecule has 2 rings (SSSR count). The monoisotopic (exact) mass is 321 g/mol. The maximum atomic E-state index is 12.8. The molecule has 1 aliphatic rings. The fourth-order valence-electron chi connectivity index (χ4n) is 3.03. The van der Waals surface area contributed by atoms with Crippen molar-refractivity contribution in [2.75, 3.05) is 33.7 Å². The highest BCUT2D eigenvalue weighted by Gasteiger charge is 2.33. The van der Waals surface area contributed by atoms with Gasteiger partial charge in [-0.3, -0.25) is 9.59 Å². The Bertz CT molecular complexity index is 525. The molecule has 1 saturated heterocycles. The normalized spacial score (nSPS) is 19.4. The standard InChI is InChI=1S/C17H27N3O3/c1-12(2)15(18-16(21)14-6-5-9-23-14)17(22)20-8-7-13(11-20)10-19(3)4/h5-6,9,12-13,15H,7-8,10-11H2,1-4H3,(H,18,21)/t13-,15-/m1/s1. The second-order valence-corrected chi connectivity index (χ2v) is 6.87. The van der Waals surface area contributed by atoms with Crippen LogP contribution in [0.15, 0.2) is 22.8 Å². The van der Waals surface area contributed by atoms with Crippen molar-refractivity contribution in [1.82, 2.24) is 15.1 Å². The van der Waals surface area contributed by atoms with Crippen molar-refractivity contribution in [1.29, 1.82) is 0 Å². The van der Waals surface area contributed by atoms with E-state index in [4.69, 9.17) is 4.42 Å². The highest BCUT2D eigenvalue weighted by molar-refractivity contribution is 5.95. The van der Waals surface area contributed by atoms with Gasteiger partial charge < -0.3 is 19.5 Å². The van der Waals surface area contributed by atoms with Gasteiger partial charge in [-0.1, -0.05) is 13.8 Å². The molecular formula is C17H27N3O3. The van der Waals surface area contributed by atoms with E-state index in [2.05, 4.69) is 10.2 Å². The molecule has 6 nitrogen and oxygen atoms in total. The third-order valence-electron chi connectivity index (χ3n) is 4.19. The Balaban J connectivity index is 1.98. The van der Waals surface area contributed by atoms with Gasteiger partial charge in [0.25, 0.3) is 5.91 Å². The molecule has 1 aliphatic heterocycles. The van der Waals surface area contributed by atoms with E-state index >= 15 is 0 Å². The number of furan rings is 1.